The van der Waals surface area contributed by atoms with Crippen molar-refractivity contribution in [1.29, 1.82) is 0 Å². The first-order chi connectivity index (χ1) is 18.1. The van der Waals surface area contributed by atoms with Crippen molar-refractivity contribution in [3.8, 4) is 11.5 Å². The summed E-state index contributed by atoms with van der Waals surface area (Å²) in [5.41, 5.74) is 3.21. The molecule has 37 heavy (non-hydrogen) atoms. The number of fused-ring (bicyclic) bond motifs is 4. The van der Waals surface area contributed by atoms with Gasteiger partial charge < -0.3 is 14.8 Å². The molecule has 0 bridgehead atoms. The summed E-state index contributed by atoms with van der Waals surface area (Å²) in [7, 11) is 0. The van der Waals surface area contributed by atoms with E-state index in [2.05, 4.69) is 5.32 Å². The lowest BCUT2D eigenvalue weighted by molar-refractivity contribution is -0.124. The van der Waals surface area contributed by atoms with Gasteiger partial charge in [-0.1, -0.05) is 61.2 Å². The highest BCUT2D eigenvalue weighted by atomic mass is 32.2. The smallest absolute Gasteiger partial charge is 0.259 e. The molecule has 0 saturated carbocycles. The molecule has 3 aromatic rings. The van der Waals surface area contributed by atoms with Gasteiger partial charge in [-0.3, -0.25) is 14.6 Å². The topological polar surface area (TPSA) is 92.6 Å². The highest BCUT2D eigenvalue weighted by Crippen LogP contribution is 2.37. The van der Waals surface area contributed by atoms with Crippen LogP contribution in [0.5, 0.6) is 11.5 Å². The maximum atomic E-state index is 13.6. The molecule has 0 unspecified atom stereocenters. The SMILES string of the molecule is CC[C@@H](SC1=Nc2ccccc2C2=N[C@@H](Cc3ccccc3)C(=O)N12)C(=O)Nc1ccc2c(c1)OCO2. The number of carbonyl (C=O) groups is 2. The van der Waals surface area contributed by atoms with Gasteiger partial charge in [0.2, 0.25) is 12.7 Å². The maximum Gasteiger partial charge on any atom is 0.259 e. The van der Waals surface area contributed by atoms with Crippen LogP contribution in [0.1, 0.15) is 24.5 Å². The van der Waals surface area contributed by atoms with Crippen molar-refractivity contribution in [3.63, 3.8) is 0 Å². The van der Waals surface area contributed by atoms with E-state index in [0.29, 0.717) is 41.0 Å². The summed E-state index contributed by atoms with van der Waals surface area (Å²) in [6.07, 6.45) is 1.05. The lowest BCUT2D eigenvalue weighted by atomic mass is 10.1. The number of rotatable bonds is 6. The van der Waals surface area contributed by atoms with Gasteiger partial charge >= 0.3 is 0 Å². The summed E-state index contributed by atoms with van der Waals surface area (Å²) in [5.74, 6) is 1.52. The second-order valence-electron chi connectivity index (χ2n) is 8.82. The van der Waals surface area contributed by atoms with Gasteiger partial charge in [0, 0.05) is 23.7 Å². The zero-order valence-electron chi connectivity index (χ0n) is 20.1. The molecule has 186 valence electrons. The summed E-state index contributed by atoms with van der Waals surface area (Å²) in [6.45, 7) is 2.10. The van der Waals surface area contributed by atoms with Crippen molar-refractivity contribution in [1.82, 2.24) is 4.90 Å². The van der Waals surface area contributed by atoms with Crippen LogP contribution in [0.15, 0.2) is 82.8 Å². The Morgan fingerprint density at radius 3 is 2.70 bits per heavy atom. The number of para-hydroxylation sites is 1. The molecule has 0 saturated heterocycles. The molecule has 3 aliphatic heterocycles. The highest BCUT2D eigenvalue weighted by molar-refractivity contribution is 8.15. The first kappa shape index (κ1) is 23.3. The van der Waals surface area contributed by atoms with E-state index in [1.54, 1.807) is 23.1 Å². The Balaban J connectivity index is 1.26. The summed E-state index contributed by atoms with van der Waals surface area (Å²) in [5, 5.41) is 2.95. The van der Waals surface area contributed by atoms with Gasteiger partial charge in [-0.25, -0.2) is 9.89 Å². The van der Waals surface area contributed by atoms with Gasteiger partial charge in [-0.05, 0) is 36.2 Å². The number of carbonyl (C=O) groups excluding carboxylic acids is 2. The number of nitrogens with one attached hydrogen (secondary N) is 1. The lowest BCUT2D eigenvalue weighted by Crippen LogP contribution is -2.42. The molecule has 1 N–H and O–H groups in total. The van der Waals surface area contributed by atoms with Crippen molar-refractivity contribution < 1.29 is 19.1 Å². The van der Waals surface area contributed by atoms with E-state index >= 15 is 0 Å². The number of ether oxygens (including phenoxy) is 2. The molecule has 9 heteroatoms. The van der Waals surface area contributed by atoms with Gasteiger partial charge in [0.15, 0.2) is 16.7 Å². The molecule has 3 aliphatic rings. The van der Waals surface area contributed by atoms with Crippen LogP contribution in [-0.2, 0) is 16.0 Å². The van der Waals surface area contributed by atoms with Crippen LogP contribution in [0.3, 0.4) is 0 Å². The standard InChI is InChI=1S/C28H24N4O4S/c1-2-24(26(33)29-18-12-13-22-23(15-18)36-16-35-22)37-28-31-20-11-7-6-10-19(20)25-30-21(27(34)32(25)28)14-17-8-4-3-5-9-17/h3-13,15,21,24H,2,14,16H2,1H3,(H,29,33)/t21-,24+/m0/s1. The molecule has 2 atom stereocenters. The Kier molecular flexibility index (Phi) is 6.13. The van der Waals surface area contributed by atoms with Gasteiger partial charge in [0.05, 0.1) is 10.9 Å². The molecular formula is C28H24N4O4S. The average Bonchev–Trinajstić information content (AvgIpc) is 3.52. The van der Waals surface area contributed by atoms with Crippen molar-refractivity contribution >= 4 is 46.0 Å². The van der Waals surface area contributed by atoms with Crippen LogP contribution in [0.25, 0.3) is 0 Å². The van der Waals surface area contributed by atoms with Gasteiger partial charge in [-0.2, -0.15) is 0 Å². The number of anilines is 1. The normalized spacial score (nSPS) is 18.0. The fourth-order valence-corrected chi connectivity index (χ4v) is 5.52. The van der Waals surface area contributed by atoms with Crippen molar-refractivity contribution in [2.24, 2.45) is 9.98 Å². The fourth-order valence-electron chi connectivity index (χ4n) is 4.50. The van der Waals surface area contributed by atoms with Gasteiger partial charge in [0.1, 0.15) is 11.9 Å². The Morgan fingerprint density at radius 2 is 1.86 bits per heavy atom. The van der Waals surface area contributed by atoms with Crippen molar-refractivity contribution in [2.45, 2.75) is 31.1 Å². The fraction of sp³-hybridized carbons (Fsp3) is 0.214. The molecule has 3 heterocycles. The summed E-state index contributed by atoms with van der Waals surface area (Å²) >= 11 is 1.28. The number of aliphatic imine (C=N–C) groups is 2. The van der Waals surface area contributed by atoms with Crippen molar-refractivity contribution in [2.75, 3.05) is 12.1 Å². The van der Waals surface area contributed by atoms with E-state index in [4.69, 9.17) is 19.5 Å². The molecule has 2 amide bonds. The Hall–Kier alpha value is -4.11. The minimum atomic E-state index is -0.545. The Bertz CT molecular complexity index is 1440. The molecule has 0 aliphatic carbocycles. The summed E-state index contributed by atoms with van der Waals surface area (Å²) in [6, 6.07) is 22.2. The van der Waals surface area contributed by atoms with Gasteiger partial charge in [0.25, 0.3) is 5.91 Å². The quantitative estimate of drug-likeness (QED) is 0.514. The minimum Gasteiger partial charge on any atom is -0.454 e. The molecule has 0 radical (unpaired) electrons. The molecule has 0 spiro atoms. The van der Waals surface area contributed by atoms with E-state index < -0.39 is 11.3 Å². The number of benzene rings is 3. The van der Waals surface area contributed by atoms with Crippen LogP contribution in [-0.4, -0.2) is 45.8 Å². The van der Waals surface area contributed by atoms with Crippen LogP contribution in [0.4, 0.5) is 11.4 Å². The zero-order chi connectivity index (χ0) is 25.4. The van der Waals surface area contributed by atoms with Crippen LogP contribution >= 0.6 is 11.8 Å². The third-order valence-electron chi connectivity index (χ3n) is 6.37. The molecule has 0 aromatic heterocycles. The first-order valence-electron chi connectivity index (χ1n) is 12.1. The Morgan fingerprint density at radius 1 is 1.08 bits per heavy atom. The molecule has 6 rings (SSSR count). The van der Waals surface area contributed by atoms with E-state index in [1.807, 2.05) is 61.5 Å². The monoisotopic (exact) mass is 512 g/mol. The third kappa shape index (κ3) is 4.46. The molecule has 0 fully saturated rings. The first-order valence-corrected chi connectivity index (χ1v) is 13.0. The van der Waals surface area contributed by atoms with E-state index in [-0.39, 0.29) is 18.6 Å². The van der Waals surface area contributed by atoms with Crippen LogP contribution < -0.4 is 14.8 Å². The summed E-state index contributed by atoms with van der Waals surface area (Å²) < 4.78 is 10.8. The van der Waals surface area contributed by atoms with E-state index in [0.717, 1.165) is 16.8 Å². The second kappa shape index (κ2) is 9.74. The predicted octanol–water partition coefficient (Wildman–Crippen LogP) is 4.77. The zero-order valence-corrected chi connectivity index (χ0v) is 20.9. The van der Waals surface area contributed by atoms with E-state index in [1.165, 1.54) is 11.8 Å². The largest absolute Gasteiger partial charge is 0.454 e. The number of amidine groups is 2. The number of hydrogen-bond donors (Lipinski definition) is 1. The number of amides is 2. The number of nitrogens with zero attached hydrogens (tertiary/aromatic N) is 3. The third-order valence-corrected chi connectivity index (χ3v) is 7.69. The van der Waals surface area contributed by atoms with Gasteiger partial charge in [-0.15, -0.1) is 0 Å². The highest BCUT2D eigenvalue weighted by Gasteiger charge is 2.42. The van der Waals surface area contributed by atoms with E-state index in [9.17, 15) is 9.59 Å². The maximum absolute atomic E-state index is 13.6. The van der Waals surface area contributed by atoms with Crippen LogP contribution in [0.2, 0.25) is 0 Å². The second-order valence-corrected chi connectivity index (χ2v) is 9.99. The molecule has 8 nitrogen and oxygen atoms in total. The van der Waals surface area contributed by atoms with Crippen LogP contribution in [0, 0.1) is 0 Å². The average molecular weight is 513 g/mol. The van der Waals surface area contributed by atoms with Crippen molar-refractivity contribution in [3.05, 3.63) is 83.9 Å². The number of hydrogen-bond acceptors (Lipinski definition) is 7. The lowest BCUT2D eigenvalue weighted by Gasteiger charge is -2.27. The number of thioether (sulfide) groups is 1. The minimum absolute atomic E-state index is 0.134. The predicted molar refractivity (Wildman–Crippen MR) is 144 cm³/mol. The summed E-state index contributed by atoms with van der Waals surface area (Å²) in [4.78, 5) is 38.0. The Labute approximate surface area is 218 Å². The molecule has 3 aromatic carbocycles. The molecular weight excluding hydrogens is 488 g/mol.